The summed E-state index contributed by atoms with van der Waals surface area (Å²) in [5.41, 5.74) is 0. The summed E-state index contributed by atoms with van der Waals surface area (Å²) in [6.07, 6.45) is 8.07. The molecule has 1 nitrogen and oxygen atoms in total. The maximum absolute atomic E-state index is 6.13. The summed E-state index contributed by atoms with van der Waals surface area (Å²) in [4.78, 5) is 0. The molecule has 0 bridgehead atoms. The minimum atomic E-state index is -1.55. The third-order valence-corrected chi connectivity index (χ3v) is 9.96. The van der Waals surface area contributed by atoms with Gasteiger partial charge < -0.3 is 4.43 Å². The van der Waals surface area contributed by atoms with E-state index in [-0.39, 0.29) is 0 Å². The lowest BCUT2D eigenvalue weighted by Crippen LogP contribution is -2.46. The zero-order chi connectivity index (χ0) is 13.4. The van der Waals surface area contributed by atoms with Crippen LogP contribution < -0.4 is 0 Å². The van der Waals surface area contributed by atoms with Gasteiger partial charge in [-0.05, 0) is 17.1 Å². The Bertz CT molecular complexity index is 174. The van der Waals surface area contributed by atoms with Crippen LogP contribution in [0.5, 0.6) is 0 Å². The van der Waals surface area contributed by atoms with Crippen molar-refractivity contribution in [2.75, 3.05) is 7.11 Å². The lowest BCUT2D eigenvalue weighted by atomic mass is 10.2. The molecule has 0 spiro atoms. The summed E-state index contributed by atoms with van der Waals surface area (Å²) < 4.78 is 6.13. The van der Waals surface area contributed by atoms with Gasteiger partial charge in [0.05, 0.1) is 0 Å². The standard InChI is InChI=1S/C15H34OSi/c1-7-9-11-13-17(16-6,15(3,4)5)14-12-10-8-2/h7-14H2,1-6H3. The summed E-state index contributed by atoms with van der Waals surface area (Å²) in [5.74, 6) is 0. The van der Waals surface area contributed by atoms with E-state index in [1.807, 2.05) is 7.11 Å². The molecule has 0 saturated carbocycles. The van der Waals surface area contributed by atoms with Crippen molar-refractivity contribution in [3.05, 3.63) is 0 Å². The lowest BCUT2D eigenvalue weighted by molar-refractivity contribution is 0.352. The van der Waals surface area contributed by atoms with E-state index >= 15 is 0 Å². The second-order valence-corrected chi connectivity index (χ2v) is 11.3. The quantitative estimate of drug-likeness (QED) is 0.377. The average molecular weight is 259 g/mol. The highest BCUT2D eigenvalue weighted by Crippen LogP contribution is 2.44. The Labute approximate surface area is 110 Å². The van der Waals surface area contributed by atoms with Crippen molar-refractivity contribution in [2.45, 2.75) is 90.3 Å². The number of unbranched alkanes of at least 4 members (excludes halogenated alkanes) is 4. The van der Waals surface area contributed by atoms with Crippen LogP contribution in [-0.4, -0.2) is 15.4 Å². The Kier molecular flexibility index (Phi) is 8.40. The van der Waals surface area contributed by atoms with E-state index in [1.165, 1.54) is 50.6 Å². The predicted octanol–water partition coefficient (Wildman–Crippen LogP) is 5.76. The van der Waals surface area contributed by atoms with Crippen LogP contribution >= 0.6 is 0 Å². The molecule has 0 aromatic rings. The van der Waals surface area contributed by atoms with Gasteiger partial charge in [-0.25, -0.2) is 0 Å². The lowest BCUT2D eigenvalue weighted by Gasteiger charge is -2.41. The molecule has 0 fully saturated rings. The van der Waals surface area contributed by atoms with Crippen molar-refractivity contribution in [2.24, 2.45) is 0 Å². The molecule has 0 aromatic heterocycles. The van der Waals surface area contributed by atoms with E-state index in [1.54, 1.807) is 0 Å². The van der Waals surface area contributed by atoms with Crippen LogP contribution in [0.3, 0.4) is 0 Å². The van der Waals surface area contributed by atoms with Gasteiger partial charge in [-0.2, -0.15) is 0 Å². The monoisotopic (exact) mass is 258 g/mol. The van der Waals surface area contributed by atoms with Crippen molar-refractivity contribution in [3.63, 3.8) is 0 Å². The van der Waals surface area contributed by atoms with Gasteiger partial charge in [0, 0.05) is 7.11 Å². The summed E-state index contributed by atoms with van der Waals surface area (Å²) in [6.45, 7) is 11.7. The fourth-order valence-corrected chi connectivity index (χ4v) is 7.12. The van der Waals surface area contributed by atoms with Crippen LogP contribution in [0.15, 0.2) is 0 Å². The molecule has 104 valence electrons. The topological polar surface area (TPSA) is 9.23 Å². The van der Waals surface area contributed by atoms with Crippen LogP contribution in [0.25, 0.3) is 0 Å². The maximum atomic E-state index is 6.13. The summed E-state index contributed by atoms with van der Waals surface area (Å²) in [6, 6.07) is 2.70. The minimum absolute atomic E-state index is 0.378. The molecule has 0 amide bonds. The van der Waals surface area contributed by atoms with Crippen LogP contribution in [0.1, 0.15) is 73.1 Å². The van der Waals surface area contributed by atoms with E-state index < -0.39 is 8.32 Å². The SMILES string of the molecule is CCCCC[Si](CCCCC)(OC)C(C)(C)C. The molecule has 0 radical (unpaired) electrons. The molecule has 0 aromatic carbocycles. The molecule has 0 atom stereocenters. The predicted molar refractivity (Wildman–Crippen MR) is 81.1 cm³/mol. The van der Waals surface area contributed by atoms with Gasteiger partial charge in [0.2, 0.25) is 0 Å². The minimum Gasteiger partial charge on any atom is -0.419 e. The third kappa shape index (κ3) is 5.56. The van der Waals surface area contributed by atoms with Gasteiger partial charge in [-0.3, -0.25) is 0 Å². The first-order valence-corrected chi connectivity index (χ1v) is 9.81. The Morgan fingerprint density at radius 3 is 1.47 bits per heavy atom. The first kappa shape index (κ1) is 17.2. The molecule has 0 aliphatic rings. The van der Waals surface area contributed by atoms with Crippen molar-refractivity contribution in [3.8, 4) is 0 Å². The second kappa shape index (κ2) is 8.31. The van der Waals surface area contributed by atoms with E-state index in [0.29, 0.717) is 5.04 Å². The Morgan fingerprint density at radius 1 is 0.824 bits per heavy atom. The largest absolute Gasteiger partial charge is 0.419 e. The van der Waals surface area contributed by atoms with Gasteiger partial charge in [0.1, 0.15) is 0 Å². The van der Waals surface area contributed by atoms with Crippen LogP contribution in [0, 0.1) is 0 Å². The summed E-state index contributed by atoms with van der Waals surface area (Å²) >= 11 is 0. The van der Waals surface area contributed by atoms with Crippen LogP contribution in [0.4, 0.5) is 0 Å². The molecule has 0 aliphatic carbocycles. The van der Waals surface area contributed by atoms with Gasteiger partial charge in [0.15, 0.2) is 8.32 Å². The van der Waals surface area contributed by atoms with Gasteiger partial charge >= 0.3 is 0 Å². The van der Waals surface area contributed by atoms with Gasteiger partial charge in [-0.1, -0.05) is 73.1 Å². The van der Waals surface area contributed by atoms with E-state index in [2.05, 4.69) is 34.6 Å². The first-order valence-electron chi connectivity index (χ1n) is 7.48. The normalized spacial score (nSPS) is 13.1. The molecule has 0 heterocycles. The molecule has 0 saturated heterocycles. The van der Waals surface area contributed by atoms with Crippen molar-refractivity contribution >= 4 is 8.32 Å². The van der Waals surface area contributed by atoms with Crippen molar-refractivity contribution in [1.29, 1.82) is 0 Å². The van der Waals surface area contributed by atoms with E-state index in [9.17, 15) is 0 Å². The zero-order valence-electron chi connectivity index (χ0n) is 13.1. The number of hydrogen-bond acceptors (Lipinski definition) is 1. The first-order chi connectivity index (χ1) is 7.93. The average Bonchev–Trinajstić information content (AvgIpc) is 2.26. The molecular weight excluding hydrogens is 224 g/mol. The molecule has 0 N–H and O–H groups in total. The zero-order valence-corrected chi connectivity index (χ0v) is 14.1. The Morgan fingerprint density at radius 2 is 1.24 bits per heavy atom. The number of hydrogen-bond donors (Lipinski definition) is 0. The smallest absolute Gasteiger partial charge is 0.197 e. The number of rotatable bonds is 9. The van der Waals surface area contributed by atoms with Crippen LogP contribution in [0.2, 0.25) is 17.1 Å². The summed E-state index contributed by atoms with van der Waals surface area (Å²) in [5, 5.41) is 0.378. The van der Waals surface area contributed by atoms with E-state index in [4.69, 9.17) is 4.43 Å². The Balaban J connectivity index is 4.52. The highest BCUT2D eigenvalue weighted by atomic mass is 28.4. The highest BCUT2D eigenvalue weighted by molar-refractivity contribution is 6.76. The molecule has 17 heavy (non-hydrogen) atoms. The summed E-state index contributed by atoms with van der Waals surface area (Å²) in [7, 11) is 0.422. The fraction of sp³-hybridized carbons (Fsp3) is 1.00. The molecule has 0 aliphatic heterocycles. The van der Waals surface area contributed by atoms with Gasteiger partial charge in [0.25, 0.3) is 0 Å². The van der Waals surface area contributed by atoms with Gasteiger partial charge in [-0.15, -0.1) is 0 Å². The Hall–Kier alpha value is 0.177. The maximum Gasteiger partial charge on any atom is 0.197 e. The molecular formula is C15H34OSi. The van der Waals surface area contributed by atoms with Crippen LogP contribution in [-0.2, 0) is 4.43 Å². The van der Waals surface area contributed by atoms with Crippen molar-refractivity contribution in [1.82, 2.24) is 0 Å². The second-order valence-electron chi connectivity index (χ2n) is 6.36. The van der Waals surface area contributed by atoms with E-state index in [0.717, 1.165) is 0 Å². The fourth-order valence-electron chi connectivity index (χ4n) is 2.71. The van der Waals surface area contributed by atoms with Crippen molar-refractivity contribution < 1.29 is 4.43 Å². The molecule has 0 rings (SSSR count). The highest BCUT2D eigenvalue weighted by Gasteiger charge is 2.44. The molecule has 0 unspecified atom stereocenters. The molecule has 2 heteroatoms. The third-order valence-electron chi connectivity index (χ3n) is 4.13.